The van der Waals surface area contributed by atoms with Gasteiger partial charge in [0.25, 0.3) is 5.82 Å². The summed E-state index contributed by atoms with van der Waals surface area (Å²) in [7, 11) is 0. The number of halogens is 3. The molecule has 0 aliphatic carbocycles. The number of nitrogen functional groups attached to an aromatic ring is 1. The predicted molar refractivity (Wildman–Crippen MR) is 92.0 cm³/mol. The van der Waals surface area contributed by atoms with Gasteiger partial charge in [0.1, 0.15) is 10.8 Å². The zero-order valence-electron chi connectivity index (χ0n) is 14.8. The summed E-state index contributed by atoms with van der Waals surface area (Å²) in [6.45, 7) is 5.13. The smallest absolute Gasteiger partial charge is 0.453 e. The van der Waals surface area contributed by atoms with Gasteiger partial charge in [-0.25, -0.2) is 4.68 Å². The normalized spacial score (nSPS) is 12.2. The maximum absolute atomic E-state index is 13.2. The molecule has 0 aliphatic rings. The fourth-order valence-electron chi connectivity index (χ4n) is 2.61. The third kappa shape index (κ3) is 2.78. The van der Waals surface area contributed by atoms with Gasteiger partial charge in [-0.3, -0.25) is 0 Å². The van der Waals surface area contributed by atoms with Crippen LogP contribution in [0.3, 0.4) is 0 Å². The lowest BCUT2D eigenvalue weighted by atomic mass is 10.2. The molecule has 4 aromatic rings. The Bertz CT molecular complexity index is 1190. The molecule has 0 amide bonds. The minimum atomic E-state index is -4.68. The summed E-state index contributed by atoms with van der Waals surface area (Å²) in [4.78, 5) is 0. The van der Waals surface area contributed by atoms with E-state index in [1.54, 1.807) is 26.8 Å². The van der Waals surface area contributed by atoms with Gasteiger partial charge in [-0.1, -0.05) is 0 Å². The lowest BCUT2D eigenvalue weighted by Crippen LogP contribution is -2.14. The van der Waals surface area contributed by atoms with Crippen molar-refractivity contribution in [2.45, 2.75) is 37.1 Å². The number of nitrogens with two attached hydrogens (primary N) is 1. The van der Waals surface area contributed by atoms with E-state index in [1.807, 2.05) is 0 Å². The molecule has 0 aromatic carbocycles. The Morgan fingerprint density at radius 1 is 1.07 bits per heavy atom. The van der Waals surface area contributed by atoms with E-state index >= 15 is 0 Å². The number of alkyl halides is 3. The lowest BCUT2D eigenvalue weighted by molar-refractivity contribution is -0.146. The molecule has 0 spiro atoms. The molecule has 146 valence electrons. The first-order valence-corrected chi connectivity index (χ1v) is 8.72. The molecule has 2 N–H and O–H groups in total. The lowest BCUT2D eigenvalue weighted by Gasteiger charge is -2.10. The van der Waals surface area contributed by atoms with Crippen LogP contribution in [0.5, 0.6) is 0 Å². The molecule has 4 aromatic heterocycles. The van der Waals surface area contributed by atoms with Crippen LogP contribution in [0, 0.1) is 20.8 Å². The molecule has 0 bridgehead atoms. The van der Waals surface area contributed by atoms with E-state index in [9.17, 15) is 13.2 Å². The van der Waals surface area contributed by atoms with Crippen molar-refractivity contribution in [2.24, 2.45) is 0 Å². The molecule has 13 heteroatoms. The van der Waals surface area contributed by atoms with Gasteiger partial charge in [0.05, 0.1) is 11.8 Å². The maximum Gasteiger partial charge on any atom is 0.453 e. The third-order valence-corrected chi connectivity index (χ3v) is 5.30. The summed E-state index contributed by atoms with van der Waals surface area (Å²) in [5.41, 5.74) is 1.87. The highest BCUT2D eigenvalue weighted by Crippen LogP contribution is 2.34. The molecule has 0 fully saturated rings. The fraction of sp³-hybridized carbons (Fsp3) is 0.267. The van der Waals surface area contributed by atoms with Gasteiger partial charge >= 0.3 is 6.18 Å². The SMILES string of the molecule is Cc1occc1-c1nnc(Sc2nn3c(C(F)(F)F)nnc3c(C)c2C)n1N. The summed E-state index contributed by atoms with van der Waals surface area (Å²) in [6.07, 6.45) is -3.18. The number of nitrogens with zero attached hydrogens (tertiary/aromatic N) is 7. The highest BCUT2D eigenvalue weighted by atomic mass is 32.2. The van der Waals surface area contributed by atoms with Gasteiger partial charge < -0.3 is 10.3 Å². The van der Waals surface area contributed by atoms with Crippen molar-refractivity contribution in [3.05, 3.63) is 35.0 Å². The molecule has 4 rings (SSSR count). The highest BCUT2D eigenvalue weighted by molar-refractivity contribution is 7.99. The summed E-state index contributed by atoms with van der Waals surface area (Å²) >= 11 is 0.995. The Hall–Kier alpha value is -3.09. The number of furan rings is 1. The molecular weight excluding hydrogens is 397 g/mol. The van der Waals surface area contributed by atoms with E-state index in [2.05, 4.69) is 25.5 Å². The van der Waals surface area contributed by atoms with Crippen molar-refractivity contribution in [1.82, 2.24) is 34.7 Å². The average molecular weight is 410 g/mol. The second kappa shape index (κ2) is 6.22. The molecule has 4 heterocycles. The Balaban J connectivity index is 1.80. The van der Waals surface area contributed by atoms with Crippen LogP contribution in [0.25, 0.3) is 17.0 Å². The van der Waals surface area contributed by atoms with E-state index in [-0.39, 0.29) is 15.8 Å². The highest BCUT2D eigenvalue weighted by Gasteiger charge is 2.38. The van der Waals surface area contributed by atoms with Crippen LogP contribution in [-0.4, -0.2) is 34.7 Å². The van der Waals surface area contributed by atoms with Crippen molar-refractivity contribution in [3.8, 4) is 11.4 Å². The quantitative estimate of drug-likeness (QED) is 0.513. The van der Waals surface area contributed by atoms with Crippen molar-refractivity contribution >= 4 is 17.4 Å². The maximum atomic E-state index is 13.2. The fourth-order valence-corrected chi connectivity index (χ4v) is 3.48. The number of rotatable bonds is 3. The number of hydrogen-bond donors (Lipinski definition) is 1. The largest absolute Gasteiger partial charge is 0.469 e. The van der Waals surface area contributed by atoms with Gasteiger partial charge in [0.15, 0.2) is 11.5 Å². The number of aryl methyl sites for hydroxylation is 2. The summed E-state index contributed by atoms with van der Waals surface area (Å²) in [6, 6.07) is 1.70. The van der Waals surface area contributed by atoms with E-state index in [4.69, 9.17) is 10.3 Å². The summed E-state index contributed by atoms with van der Waals surface area (Å²) < 4.78 is 46.7. The Morgan fingerprint density at radius 3 is 2.46 bits per heavy atom. The molecule has 0 aliphatic heterocycles. The predicted octanol–water partition coefficient (Wildman–Crippen LogP) is 2.78. The standard InChI is InChI=1S/C15H13F3N8OS/c1-6-7(2)12(24-26-10(6)20-22-13(26)15(16,17)18)28-14-23-21-11(25(14)19)9-4-5-27-8(9)3/h4-5H,19H2,1-3H3. The van der Waals surface area contributed by atoms with Crippen molar-refractivity contribution in [2.75, 3.05) is 5.84 Å². The topological polar surface area (TPSA) is 113 Å². The van der Waals surface area contributed by atoms with Crippen LogP contribution in [0.15, 0.2) is 26.9 Å². The Kier molecular flexibility index (Phi) is 4.06. The van der Waals surface area contributed by atoms with Crippen LogP contribution in [0.1, 0.15) is 22.7 Å². The van der Waals surface area contributed by atoms with Crippen molar-refractivity contribution in [1.29, 1.82) is 0 Å². The molecule has 0 atom stereocenters. The Labute approximate surface area is 159 Å². The number of hydrogen-bond acceptors (Lipinski definition) is 8. The van der Waals surface area contributed by atoms with E-state index in [0.717, 1.165) is 11.8 Å². The van der Waals surface area contributed by atoms with E-state index < -0.39 is 12.0 Å². The van der Waals surface area contributed by atoms with Gasteiger partial charge in [-0.2, -0.15) is 22.8 Å². The van der Waals surface area contributed by atoms with Crippen LogP contribution >= 0.6 is 11.8 Å². The van der Waals surface area contributed by atoms with Gasteiger partial charge in [-0.05, 0) is 44.2 Å². The molecule has 0 unspecified atom stereocenters. The first-order chi connectivity index (χ1) is 13.2. The second-order valence-electron chi connectivity index (χ2n) is 5.98. The number of fused-ring (bicyclic) bond motifs is 1. The molecule has 9 nitrogen and oxygen atoms in total. The second-order valence-corrected chi connectivity index (χ2v) is 6.94. The van der Waals surface area contributed by atoms with Gasteiger partial charge in [-0.15, -0.1) is 20.4 Å². The average Bonchev–Trinajstić information content (AvgIpc) is 3.32. The van der Waals surface area contributed by atoms with E-state index in [0.29, 0.717) is 32.8 Å². The van der Waals surface area contributed by atoms with E-state index in [1.165, 1.54) is 10.9 Å². The molecular formula is C15H13F3N8OS. The van der Waals surface area contributed by atoms with Crippen LogP contribution in [-0.2, 0) is 6.18 Å². The van der Waals surface area contributed by atoms with Gasteiger partial charge in [0, 0.05) is 5.56 Å². The first kappa shape index (κ1) is 18.3. The van der Waals surface area contributed by atoms with Gasteiger partial charge in [0.2, 0.25) is 5.16 Å². The zero-order chi connectivity index (χ0) is 20.2. The van der Waals surface area contributed by atoms with Crippen LogP contribution < -0.4 is 5.84 Å². The monoisotopic (exact) mass is 410 g/mol. The Morgan fingerprint density at radius 2 is 1.82 bits per heavy atom. The minimum Gasteiger partial charge on any atom is -0.469 e. The van der Waals surface area contributed by atoms with Crippen molar-refractivity contribution in [3.63, 3.8) is 0 Å². The summed E-state index contributed by atoms with van der Waals surface area (Å²) in [5, 5.41) is 19.5. The molecule has 0 saturated carbocycles. The first-order valence-electron chi connectivity index (χ1n) is 7.91. The zero-order valence-corrected chi connectivity index (χ0v) is 15.6. The molecule has 0 radical (unpaired) electrons. The third-order valence-electron chi connectivity index (χ3n) is 4.26. The summed E-state index contributed by atoms with van der Waals surface area (Å²) in [5.74, 6) is 5.86. The van der Waals surface area contributed by atoms with Crippen LogP contribution in [0.2, 0.25) is 0 Å². The minimum absolute atomic E-state index is 0.0399. The van der Waals surface area contributed by atoms with Crippen molar-refractivity contribution < 1.29 is 17.6 Å². The molecule has 28 heavy (non-hydrogen) atoms. The number of aromatic nitrogens is 7. The molecule has 0 saturated heterocycles. The van der Waals surface area contributed by atoms with Crippen LogP contribution in [0.4, 0.5) is 13.2 Å².